The summed E-state index contributed by atoms with van der Waals surface area (Å²) in [5.74, 6) is 0. The van der Waals surface area contributed by atoms with Crippen LogP contribution in [0.1, 0.15) is 36.0 Å². The molecule has 0 N–H and O–H groups in total. The quantitative estimate of drug-likeness (QED) is 0.594. The molecule has 0 aromatic heterocycles. The Hall–Kier alpha value is 0.497. The SMILES string of the molecule is O=C(PC1CCCC1)c1c(Cl)cccc1Cl.[Li]. The second-order valence-electron chi connectivity index (χ2n) is 4.05. The molecule has 1 radical (unpaired) electrons. The molecule has 1 atom stereocenters. The Labute approximate surface area is 126 Å². The van der Waals surface area contributed by atoms with Gasteiger partial charge in [0.1, 0.15) is 0 Å². The van der Waals surface area contributed by atoms with E-state index in [1.165, 1.54) is 25.7 Å². The normalized spacial score (nSPS) is 16.4. The van der Waals surface area contributed by atoms with Gasteiger partial charge in [-0.05, 0) is 39.2 Å². The van der Waals surface area contributed by atoms with E-state index in [1.54, 1.807) is 18.2 Å². The minimum Gasteiger partial charge on any atom is -0.289 e. The molecule has 1 aromatic carbocycles. The van der Waals surface area contributed by atoms with Gasteiger partial charge in [0.05, 0.1) is 15.6 Å². The van der Waals surface area contributed by atoms with Crippen LogP contribution in [0, 0.1) is 0 Å². The monoisotopic (exact) mass is 281 g/mol. The Balaban J connectivity index is 0.00000144. The molecule has 1 aliphatic rings. The molecule has 5 heteroatoms. The first kappa shape index (κ1) is 15.6. The molecule has 1 aromatic rings. The van der Waals surface area contributed by atoms with Gasteiger partial charge in [-0.25, -0.2) is 0 Å². The molecule has 1 nitrogen and oxygen atoms in total. The number of halogens is 2. The van der Waals surface area contributed by atoms with Crippen molar-refractivity contribution in [2.24, 2.45) is 0 Å². The van der Waals surface area contributed by atoms with Crippen LogP contribution in [0.2, 0.25) is 10.0 Å². The summed E-state index contributed by atoms with van der Waals surface area (Å²) in [5.41, 5.74) is 1.18. The molecule has 1 fully saturated rings. The summed E-state index contributed by atoms with van der Waals surface area (Å²) < 4.78 is 0. The van der Waals surface area contributed by atoms with E-state index >= 15 is 0 Å². The fraction of sp³-hybridized carbons (Fsp3) is 0.417. The first-order valence-electron chi connectivity index (χ1n) is 5.43. The first-order chi connectivity index (χ1) is 7.68. The van der Waals surface area contributed by atoms with Crippen LogP contribution in [0.25, 0.3) is 0 Å². The molecule has 0 amide bonds. The third kappa shape index (κ3) is 3.99. The van der Waals surface area contributed by atoms with Crippen molar-refractivity contribution in [3.63, 3.8) is 0 Å². The summed E-state index contributed by atoms with van der Waals surface area (Å²) in [5, 5.41) is 0.950. The zero-order chi connectivity index (χ0) is 11.5. The predicted octanol–water partition coefficient (Wildman–Crippen LogP) is 4.37. The van der Waals surface area contributed by atoms with Crippen LogP contribution in [0.3, 0.4) is 0 Å². The summed E-state index contributed by atoms with van der Waals surface area (Å²) in [7, 11) is 0.322. The molecule has 1 aliphatic carbocycles. The Kier molecular flexibility index (Phi) is 6.57. The Bertz CT molecular complexity index is 385. The van der Waals surface area contributed by atoms with Gasteiger partial charge in [0, 0.05) is 18.9 Å². The van der Waals surface area contributed by atoms with Crippen LogP contribution in [-0.2, 0) is 0 Å². The van der Waals surface area contributed by atoms with Gasteiger partial charge in [-0.15, -0.1) is 0 Å². The smallest absolute Gasteiger partial charge is 0.184 e. The molecule has 0 aliphatic heterocycles. The average molecular weight is 282 g/mol. The number of hydrogen-bond donors (Lipinski definition) is 0. The Morgan fingerprint density at radius 1 is 1.18 bits per heavy atom. The predicted molar refractivity (Wildman–Crippen MR) is 77.1 cm³/mol. The molecule has 87 valence electrons. The van der Waals surface area contributed by atoms with Gasteiger partial charge in [-0.1, -0.05) is 42.1 Å². The van der Waals surface area contributed by atoms with Crippen molar-refractivity contribution in [2.45, 2.75) is 31.3 Å². The van der Waals surface area contributed by atoms with Crippen molar-refractivity contribution in [2.75, 3.05) is 0 Å². The third-order valence-corrected chi connectivity index (χ3v) is 5.01. The van der Waals surface area contributed by atoms with Crippen molar-refractivity contribution >= 4 is 56.2 Å². The van der Waals surface area contributed by atoms with E-state index in [1.807, 2.05) is 0 Å². The van der Waals surface area contributed by atoms with Gasteiger partial charge in [-0.2, -0.15) is 0 Å². The average Bonchev–Trinajstić information content (AvgIpc) is 2.70. The zero-order valence-corrected chi connectivity index (χ0v) is 12.3. The van der Waals surface area contributed by atoms with Crippen LogP contribution < -0.4 is 0 Å². The second-order valence-corrected chi connectivity index (χ2v) is 6.43. The first-order valence-corrected chi connectivity index (χ1v) is 7.26. The summed E-state index contributed by atoms with van der Waals surface area (Å²) in [6.07, 6.45) is 4.85. The largest absolute Gasteiger partial charge is 0.289 e. The topological polar surface area (TPSA) is 17.1 Å². The maximum absolute atomic E-state index is 12.1. The fourth-order valence-electron chi connectivity index (χ4n) is 2.04. The molecule has 2 rings (SSSR count). The van der Waals surface area contributed by atoms with Gasteiger partial charge in [-0.3, -0.25) is 4.79 Å². The van der Waals surface area contributed by atoms with E-state index < -0.39 is 0 Å². The van der Waals surface area contributed by atoms with Crippen LogP contribution in [0.15, 0.2) is 18.2 Å². The summed E-state index contributed by atoms with van der Waals surface area (Å²) in [6.45, 7) is 0. The molecule has 0 spiro atoms. The summed E-state index contributed by atoms with van der Waals surface area (Å²) >= 11 is 12.0. The Morgan fingerprint density at radius 3 is 2.24 bits per heavy atom. The molecule has 0 heterocycles. The van der Waals surface area contributed by atoms with E-state index in [4.69, 9.17) is 23.2 Å². The van der Waals surface area contributed by atoms with Gasteiger partial charge in [0.15, 0.2) is 5.52 Å². The van der Waals surface area contributed by atoms with Crippen LogP contribution >= 0.6 is 31.8 Å². The van der Waals surface area contributed by atoms with Gasteiger partial charge >= 0.3 is 0 Å². The minimum absolute atomic E-state index is 0. The van der Waals surface area contributed by atoms with E-state index in [-0.39, 0.29) is 24.4 Å². The number of hydrogen-bond acceptors (Lipinski definition) is 1. The molecule has 1 saturated carbocycles. The van der Waals surface area contributed by atoms with Crippen molar-refractivity contribution in [3.8, 4) is 0 Å². The third-order valence-electron chi connectivity index (χ3n) is 2.88. The van der Waals surface area contributed by atoms with E-state index in [0.29, 0.717) is 29.8 Å². The molecule has 0 bridgehead atoms. The van der Waals surface area contributed by atoms with E-state index in [0.717, 1.165) is 0 Å². The number of carbonyl (C=O) groups is 1. The maximum atomic E-state index is 12.1. The fourth-order valence-corrected chi connectivity index (χ4v) is 4.25. The van der Waals surface area contributed by atoms with E-state index in [2.05, 4.69) is 0 Å². The standard InChI is InChI=1S/C12H13Cl2OP.Li/c13-9-6-3-7-10(14)11(9)12(15)16-8-4-1-2-5-8;/h3,6-8,16H,1-2,4-5H2;. The van der Waals surface area contributed by atoms with Gasteiger partial charge in [0.2, 0.25) is 0 Å². The number of rotatable bonds is 3. The summed E-state index contributed by atoms with van der Waals surface area (Å²) in [4.78, 5) is 12.1. The van der Waals surface area contributed by atoms with Crippen LogP contribution in [0.4, 0.5) is 0 Å². The summed E-state index contributed by atoms with van der Waals surface area (Å²) in [6, 6.07) is 5.21. The maximum Gasteiger partial charge on any atom is 0.184 e. The van der Waals surface area contributed by atoms with Crippen molar-refractivity contribution < 1.29 is 4.79 Å². The molecule has 1 unspecified atom stereocenters. The molecular weight excluding hydrogens is 269 g/mol. The number of benzene rings is 1. The van der Waals surface area contributed by atoms with Crippen LogP contribution in [0.5, 0.6) is 0 Å². The van der Waals surface area contributed by atoms with Gasteiger partial charge < -0.3 is 0 Å². The number of carbonyl (C=O) groups excluding carboxylic acids is 1. The van der Waals surface area contributed by atoms with Crippen molar-refractivity contribution in [1.29, 1.82) is 0 Å². The molecular formula is C12H13Cl2LiOP. The second kappa shape index (κ2) is 7.18. The molecule has 17 heavy (non-hydrogen) atoms. The van der Waals surface area contributed by atoms with E-state index in [9.17, 15) is 4.79 Å². The van der Waals surface area contributed by atoms with Crippen molar-refractivity contribution in [3.05, 3.63) is 33.8 Å². The van der Waals surface area contributed by atoms with Crippen LogP contribution in [-0.4, -0.2) is 30.0 Å². The Morgan fingerprint density at radius 2 is 1.71 bits per heavy atom. The van der Waals surface area contributed by atoms with Crippen molar-refractivity contribution in [1.82, 2.24) is 0 Å². The van der Waals surface area contributed by atoms with Gasteiger partial charge in [0.25, 0.3) is 0 Å². The molecule has 0 saturated heterocycles. The zero-order valence-electron chi connectivity index (χ0n) is 9.80. The minimum atomic E-state index is 0.